The van der Waals surface area contributed by atoms with Crippen LogP contribution >= 0.6 is 0 Å². The Morgan fingerprint density at radius 3 is 1.05 bits per heavy atom. The normalized spacial score (nSPS) is 13.3. The maximum absolute atomic E-state index is 2.55. The van der Waals surface area contributed by atoms with Gasteiger partial charge in [0.2, 0.25) is 0 Å². The Morgan fingerprint density at radius 2 is 0.636 bits per heavy atom. The smallest absolute Gasteiger partial charge is 0.000683 e. The van der Waals surface area contributed by atoms with Crippen molar-refractivity contribution in [2.75, 3.05) is 0 Å². The van der Waals surface area contributed by atoms with Gasteiger partial charge in [-0.2, -0.15) is 0 Å². The summed E-state index contributed by atoms with van der Waals surface area (Å²) < 4.78 is 0. The summed E-state index contributed by atoms with van der Waals surface area (Å²) in [6.45, 7) is 0. The van der Waals surface area contributed by atoms with Gasteiger partial charge in [0.1, 0.15) is 0 Å². The van der Waals surface area contributed by atoms with Crippen molar-refractivity contribution in [1.29, 1.82) is 0 Å². The number of benzene rings is 9. The Kier molecular flexibility index (Phi) is 4.26. The zero-order chi connectivity index (χ0) is 28.5. The van der Waals surface area contributed by atoms with Crippen LogP contribution in [0.4, 0.5) is 0 Å². The fraction of sp³-hybridized carbons (Fsp3) is 0.0455. The van der Waals surface area contributed by atoms with E-state index in [9.17, 15) is 0 Å². The van der Waals surface area contributed by atoms with E-state index in [0.29, 0.717) is 0 Å². The lowest BCUT2D eigenvalue weighted by atomic mass is 9.89. The molecule has 0 aliphatic heterocycles. The summed E-state index contributed by atoms with van der Waals surface area (Å²) in [4.78, 5) is 0. The standard InChI is InChI=1S/C44H26/c1-3-11-27-19-39-37(17-25(27)9-1)31-13-5-7-15-33(31)43-35-22-30-24-42-40-20-28-12-4-2-10-26(28)18-38(40)32-14-6-8-16-34(32)44(42)36(30)21-29(35)23-41(39)43/h1-22H,23-24H2. The predicted molar refractivity (Wildman–Crippen MR) is 188 cm³/mol. The first-order valence-electron chi connectivity index (χ1n) is 15.7. The SMILES string of the molecule is c1ccc2cc3c(cc2c1)c1c(c2ccccc23)-c2cc3c(cc2C1)-c1c(c2cc4ccccc4cc2c2ccccc12)C3. The van der Waals surface area contributed by atoms with Gasteiger partial charge < -0.3 is 0 Å². The molecule has 0 nitrogen and oxygen atoms in total. The maximum atomic E-state index is 2.55. The molecule has 0 amide bonds. The second-order valence-electron chi connectivity index (χ2n) is 12.8. The van der Waals surface area contributed by atoms with Gasteiger partial charge in [-0.05, 0) is 158 Å². The molecule has 2 aliphatic carbocycles. The molecule has 0 fully saturated rings. The first-order valence-corrected chi connectivity index (χ1v) is 15.7. The lowest BCUT2D eigenvalue weighted by Crippen LogP contribution is -1.89. The van der Waals surface area contributed by atoms with E-state index in [-0.39, 0.29) is 0 Å². The van der Waals surface area contributed by atoms with E-state index >= 15 is 0 Å². The van der Waals surface area contributed by atoms with Gasteiger partial charge in [0, 0.05) is 0 Å². The second kappa shape index (κ2) is 8.13. The van der Waals surface area contributed by atoms with Gasteiger partial charge in [-0.3, -0.25) is 0 Å². The van der Waals surface area contributed by atoms with Crippen molar-refractivity contribution in [3.05, 3.63) is 156 Å². The van der Waals surface area contributed by atoms with E-state index in [1.54, 1.807) is 0 Å². The minimum absolute atomic E-state index is 0.975. The van der Waals surface area contributed by atoms with Crippen LogP contribution in [0, 0.1) is 0 Å². The minimum Gasteiger partial charge on any atom is -0.0616 e. The van der Waals surface area contributed by atoms with E-state index in [0.717, 1.165) is 12.8 Å². The number of rotatable bonds is 0. The van der Waals surface area contributed by atoms with Crippen molar-refractivity contribution in [3.8, 4) is 22.3 Å². The third kappa shape index (κ3) is 2.88. The highest BCUT2D eigenvalue weighted by Crippen LogP contribution is 2.52. The first-order chi connectivity index (χ1) is 21.8. The van der Waals surface area contributed by atoms with E-state index in [4.69, 9.17) is 0 Å². The van der Waals surface area contributed by atoms with Crippen LogP contribution in [-0.4, -0.2) is 0 Å². The molecule has 2 aliphatic rings. The maximum Gasteiger partial charge on any atom is -0.000683 e. The molecule has 0 N–H and O–H groups in total. The monoisotopic (exact) mass is 554 g/mol. The van der Waals surface area contributed by atoms with Crippen LogP contribution in [0.25, 0.3) is 86.9 Å². The zero-order valence-corrected chi connectivity index (χ0v) is 24.1. The Labute approximate surface area is 254 Å². The van der Waals surface area contributed by atoms with Crippen LogP contribution in [0.15, 0.2) is 133 Å². The molecule has 0 saturated heterocycles. The molecule has 0 saturated carbocycles. The van der Waals surface area contributed by atoms with Crippen molar-refractivity contribution in [1.82, 2.24) is 0 Å². The van der Waals surface area contributed by atoms with Gasteiger partial charge in [0.05, 0.1) is 0 Å². The third-order valence-corrected chi connectivity index (χ3v) is 10.6. The summed E-state index contributed by atoms with van der Waals surface area (Å²) in [5, 5.41) is 16.2. The van der Waals surface area contributed by atoms with Crippen LogP contribution in [0.5, 0.6) is 0 Å². The molecule has 44 heavy (non-hydrogen) atoms. The van der Waals surface area contributed by atoms with Crippen molar-refractivity contribution < 1.29 is 0 Å². The van der Waals surface area contributed by atoms with Crippen LogP contribution in [0.1, 0.15) is 22.3 Å². The lowest BCUT2D eigenvalue weighted by molar-refractivity contribution is 1.26. The Balaban J connectivity index is 1.21. The molecule has 0 bridgehead atoms. The quantitative estimate of drug-likeness (QED) is 0.129. The molecule has 11 rings (SSSR count). The van der Waals surface area contributed by atoms with Gasteiger partial charge in [-0.25, -0.2) is 0 Å². The average Bonchev–Trinajstić information content (AvgIpc) is 3.64. The molecule has 0 aromatic heterocycles. The third-order valence-electron chi connectivity index (χ3n) is 10.6. The van der Waals surface area contributed by atoms with E-state index in [1.807, 2.05) is 0 Å². The highest BCUT2D eigenvalue weighted by atomic mass is 14.3. The molecule has 9 aromatic carbocycles. The van der Waals surface area contributed by atoms with Crippen molar-refractivity contribution >= 4 is 64.6 Å². The fourth-order valence-corrected chi connectivity index (χ4v) is 8.70. The topological polar surface area (TPSA) is 0 Å². The summed E-state index contributed by atoms with van der Waals surface area (Å²) in [5.41, 5.74) is 11.6. The molecule has 0 radical (unpaired) electrons. The molecule has 0 spiro atoms. The van der Waals surface area contributed by atoms with Crippen molar-refractivity contribution in [2.45, 2.75) is 12.8 Å². The van der Waals surface area contributed by atoms with Crippen LogP contribution in [0.3, 0.4) is 0 Å². The fourth-order valence-electron chi connectivity index (χ4n) is 8.70. The summed E-state index contributed by atoms with van der Waals surface area (Å²) in [6.07, 6.45) is 1.95. The van der Waals surface area contributed by atoms with Gasteiger partial charge in [0.15, 0.2) is 0 Å². The number of hydrogen-bond acceptors (Lipinski definition) is 0. The molecule has 202 valence electrons. The Hall–Kier alpha value is -5.46. The van der Waals surface area contributed by atoms with E-state index < -0.39 is 0 Å². The lowest BCUT2D eigenvalue weighted by Gasteiger charge is -2.14. The van der Waals surface area contributed by atoms with Crippen molar-refractivity contribution in [2.24, 2.45) is 0 Å². The Bertz CT molecular complexity index is 2570. The molecule has 9 aromatic rings. The number of hydrogen-bond donors (Lipinski definition) is 0. The van der Waals surface area contributed by atoms with Gasteiger partial charge in [-0.15, -0.1) is 0 Å². The van der Waals surface area contributed by atoms with Crippen LogP contribution < -0.4 is 0 Å². The van der Waals surface area contributed by atoms with Gasteiger partial charge >= 0.3 is 0 Å². The highest BCUT2D eigenvalue weighted by molar-refractivity contribution is 6.22. The largest absolute Gasteiger partial charge is 0.0616 e. The molecule has 0 heteroatoms. The summed E-state index contributed by atoms with van der Waals surface area (Å²) in [7, 11) is 0. The summed E-state index contributed by atoms with van der Waals surface area (Å²) in [6, 6.07) is 50.5. The molecular weight excluding hydrogens is 528 g/mol. The van der Waals surface area contributed by atoms with E-state index in [1.165, 1.54) is 109 Å². The average molecular weight is 555 g/mol. The molecule has 0 heterocycles. The molecule has 0 unspecified atom stereocenters. The Morgan fingerprint density at radius 1 is 0.295 bits per heavy atom. The predicted octanol–water partition coefficient (Wildman–Crippen LogP) is 11.7. The molecule has 0 atom stereocenters. The first kappa shape index (κ1) is 23.1. The summed E-state index contributed by atoms with van der Waals surface area (Å²) >= 11 is 0. The van der Waals surface area contributed by atoms with Gasteiger partial charge in [0.25, 0.3) is 0 Å². The summed E-state index contributed by atoms with van der Waals surface area (Å²) in [5.74, 6) is 0. The van der Waals surface area contributed by atoms with Crippen molar-refractivity contribution in [3.63, 3.8) is 0 Å². The van der Waals surface area contributed by atoms with Crippen LogP contribution in [-0.2, 0) is 12.8 Å². The number of fused-ring (bicyclic) bond motifs is 18. The van der Waals surface area contributed by atoms with E-state index in [2.05, 4.69) is 133 Å². The minimum atomic E-state index is 0.975. The van der Waals surface area contributed by atoms with Gasteiger partial charge in [-0.1, -0.05) is 97.1 Å². The second-order valence-corrected chi connectivity index (χ2v) is 12.8. The highest BCUT2D eigenvalue weighted by Gasteiger charge is 2.30. The van der Waals surface area contributed by atoms with Crippen LogP contribution in [0.2, 0.25) is 0 Å². The molecular formula is C44H26. The zero-order valence-electron chi connectivity index (χ0n) is 24.1.